The highest BCUT2D eigenvalue weighted by Crippen LogP contribution is 2.34. The number of ether oxygens (including phenoxy) is 7. The summed E-state index contributed by atoms with van der Waals surface area (Å²) in [5, 5.41) is 56.0. The topological polar surface area (TPSA) is 215 Å². The van der Waals surface area contributed by atoms with Gasteiger partial charge in [-0.2, -0.15) is 5.26 Å². The molecule has 11 atom stereocenters. The number of anilines is 1. The average molecular weight is 707 g/mol. The van der Waals surface area contributed by atoms with Crippen molar-refractivity contribution in [2.45, 2.75) is 100 Å². The maximum atomic E-state index is 12.8. The lowest BCUT2D eigenvalue weighted by Gasteiger charge is -2.48. The van der Waals surface area contributed by atoms with Gasteiger partial charge in [0.25, 0.3) is 0 Å². The predicted octanol–water partition coefficient (Wildman–Crippen LogP) is 1.39. The Morgan fingerprint density at radius 3 is 2.49 bits per heavy atom. The Morgan fingerprint density at radius 2 is 1.76 bits per heavy atom. The molecule has 0 bridgehead atoms. The number of amides is 1. The second-order valence-corrected chi connectivity index (χ2v) is 12.2. The molecule has 3 fully saturated rings. The van der Waals surface area contributed by atoms with Crippen molar-refractivity contribution in [3.05, 3.63) is 64.7 Å². The minimum absolute atomic E-state index is 0.0136. The fraction of sp³-hybridized carbons (Fsp3) is 0.545. The number of nitrogens with zero attached hydrogens (tertiary/aromatic N) is 1. The van der Waals surface area contributed by atoms with Crippen LogP contribution in [0, 0.1) is 11.3 Å². The molecule has 1 amide bonds. The molecular formula is C33H39ClN2O13. The smallest absolute Gasteiger partial charge is 0.338 e. The van der Waals surface area contributed by atoms with E-state index in [0.29, 0.717) is 35.5 Å². The van der Waals surface area contributed by atoms with E-state index in [1.807, 2.05) is 6.07 Å². The number of carbonyl (C=O) groups excluding carboxylic acids is 2. The molecule has 5 N–H and O–H groups in total. The first kappa shape index (κ1) is 37.0. The highest BCUT2D eigenvalue weighted by molar-refractivity contribution is 6.33. The zero-order chi connectivity index (χ0) is 35.1. The number of hydrogen-bond acceptors (Lipinski definition) is 14. The van der Waals surface area contributed by atoms with Gasteiger partial charge >= 0.3 is 5.97 Å². The lowest BCUT2D eigenvalue weighted by Crippen LogP contribution is -2.66. The lowest BCUT2D eigenvalue weighted by atomic mass is 9.96. The summed E-state index contributed by atoms with van der Waals surface area (Å²) < 4.78 is 40.6. The van der Waals surface area contributed by atoms with Gasteiger partial charge in [-0.1, -0.05) is 35.9 Å². The van der Waals surface area contributed by atoms with Crippen LogP contribution in [-0.2, 0) is 44.6 Å². The quantitative estimate of drug-likeness (QED) is 0.156. The van der Waals surface area contributed by atoms with E-state index < -0.39 is 80.3 Å². The van der Waals surface area contributed by atoms with Crippen LogP contribution in [0.3, 0.4) is 0 Å². The van der Waals surface area contributed by atoms with Crippen LogP contribution in [0.25, 0.3) is 0 Å². The summed E-state index contributed by atoms with van der Waals surface area (Å²) in [4.78, 5) is 24.3. The molecule has 3 saturated heterocycles. The van der Waals surface area contributed by atoms with Crippen molar-refractivity contribution in [2.75, 3.05) is 18.5 Å². The third kappa shape index (κ3) is 9.31. The molecule has 3 aliphatic heterocycles. The molecule has 2 aromatic carbocycles. The normalized spacial score (nSPS) is 32.8. The molecule has 0 radical (unpaired) electrons. The molecule has 0 aromatic heterocycles. The van der Waals surface area contributed by atoms with Gasteiger partial charge in [-0.25, -0.2) is 4.79 Å². The first-order valence-electron chi connectivity index (χ1n) is 15.8. The van der Waals surface area contributed by atoms with Gasteiger partial charge in [-0.05, 0) is 42.7 Å². The van der Waals surface area contributed by atoms with Crippen molar-refractivity contribution < 1.29 is 63.2 Å². The number of hydrogen-bond donors (Lipinski definition) is 5. The second-order valence-electron chi connectivity index (χ2n) is 11.8. The monoisotopic (exact) mass is 706 g/mol. The van der Waals surface area contributed by atoms with Crippen LogP contribution in [-0.4, -0.2) is 113 Å². The minimum atomic E-state index is -1.71. The third-order valence-electron chi connectivity index (χ3n) is 8.20. The molecule has 16 heteroatoms. The fourth-order valence-corrected chi connectivity index (χ4v) is 5.84. The van der Waals surface area contributed by atoms with Crippen molar-refractivity contribution in [3.63, 3.8) is 0 Å². The summed E-state index contributed by atoms with van der Waals surface area (Å²) in [6.45, 7) is 0.709. The Balaban J connectivity index is 1.28. The maximum absolute atomic E-state index is 12.8. The van der Waals surface area contributed by atoms with Crippen molar-refractivity contribution >= 4 is 29.2 Å². The number of fused-ring (bicyclic) bond motifs is 1. The highest BCUT2D eigenvalue weighted by atomic mass is 35.5. The van der Waals surface area contributed by atoms with E-state index in [9.17, 15) is 30.0 Å². The summed E-state index contributed by atoms with van der Waals surface area (Å²) in [6.07, 6.45) is -13.5. The van der Waals surface area contributed by atoms with Crippen LogP contribution in [0.2, 0.25) is 5.02 Å². The number of benzene rings is 2. The van der Waals surface area contributed by atoms with Crippen LogP contribution >= 0.6 is 11.6 Å². The molecule has 2 aromatic rings. The first-order chi connectivity index (χ1) is 23.5. The molecule has 49 heavy (non-hydrogen) atoms. The molecule has 0 spiro atoms. The molecule has 0 saturated carbocycles. The zero-order valence-corrected chi connectivity index (χ0v) is 27.3. The number of rotatable bonds is 12. The van der Waals surface area contributed by atoms with Gasteiger partial charge in [0, 0.05) is 13.3 Å². The average Bonchev–Trinajstić information content (AvgIpc) is 3.09. The van der Waals surface area contributed by atoms with Gasteiger partial charge < -0.3 is 58.9 Å². The van der Waals surface area contributed by atoms with E-state index in [2.05, 4.69) is 5.32 Å². The van der Waals surface area contributed by atoms with E-state index in [1.165, 1.54) is 6.92 Å². The standard InChI is InChI=1S/C33H39ClN2O13/c1-17(37)36-21-13-18(10-11-20(21)34)14-45-32-27(40)25(38)30(23(46-32)16-44-31(42)19-7-3-2-4-8-19)49-33-28(41)26(39)29-22(47-33)15-43-24(48-29)9-5-6-12-35/h2-4,7-8,10-11,13,22-30,32-33,38-41H,5-6,9,14-16H2,1H3,(H,36,37)/t22-,23-,24-,25-,26-,27-,28-,29-,30-,32-,33-/m1/s1. The molecule has 266 valence electrons. The molecular weight excluding hydrogens is 668 g/mol. The van der Waals surface area contributed by atoms with Gasteiger partial charge in [0.05, 0.1) is 35.6 Å². The van der Waals surface area contributed by atoms with Gasteiger partial charge in [0.2, 0.25) is 5.91 Å². The van der Waals surface area contributed by atoms with Crippen LogP contribution in [0.5, 0.6) is 0 Å². The minimum Gasteiger partial charge on any atom is -0.459 e. The number of carbonyl (C=O) groups is 2. The number of halogens is 1. The molecule has 0 unspecified atom stereocenters. The zero-order valence-electron chi connectivity index (χ0n) is 26.5. The molecule has 15 nitrogen and oxygen atoms in total. The second kappa shape index (κ2) is 17.1. The number of esters is 1. The predicted molar refractivity (Wildman–Crippen MR) is 168 cm³/mol. The lowest BCUT2D eigenvalue weighted by molar-refractivity contribution is -0.385. The summed E-state index contributed by atoms with van der Waals surface area (Å²) >= 11 is 6.16. The molecule has 0 aliphatic carbocycles. The SMILES string of the molecule is CC(=O)Nc1cc(CO[C@@H]2O[C@H](COC(=O)c3ccccc3)[C@@H](O[C@H]3O[C@@H]4CO[C@@H](CCCC#N)O[C@H]4[C@H](O)[C@H]3O)[C@H](O)[C@H]2O)ccc1Cl. The summed E-state index contributed by atoms with van der Waals surface area (Å²) in [5.74, 6) is -1.02. The van der Waals surface area contributed by atoms with Gasteiger partial charge in [-0.3, -0.25) is 4.79 Å². The van der Waals surface area contributed by atoms with E-state index >= 15 is 0 Å². The highest BCUT2D eigenvalue weighted by Gasteiger charge is 2.53. The third-order valence-corrected chi connectivity index (χ3v) is 8.53. The van der Waals surface area contributed by atoms with Crippen LogP contribution in [0.4, 0.5) is 5.69 Å². The maximum Gasteiger partial charge on any atom is 0.338 e. The summed E-state index contributed by atoms with van der Waals surface area (Å²) in [5.41, 5.74) is 1.15. The Labute approximate surface area is 287 Å². The van der Waals surface area contributed by atoms with Crippen LogP contribution < -0.4 is 5.32 Å². The Kier molecular flexibility index (Phi) is 12.9. The van der Waals surface area contributed by atoms with Crippen LogP contribution in [0.15, 0.2) is 48.5 Å². The van der Waals surface area contributed by atoms with E-state index in [1.54, 1.807) is 48.5 Å². The first-order valence-corrected chi connectivity index (χ1v) is 16.2. The Morgan fingerprint density at radius 1 is 1.00 bits per heavy atom. The van der Waals surface area contributed by atoms with Crippen molar-refractivity contribution in [1.29, 1.82) is 5.26 Å². The van der Waals surface area contributed by atoms with E-state index in [0.717, 1.165) is 0 Å². The largest absolute Gasteiger partial charge is 0.459 e. The van der Waals surface area contributed by atoms with Crippen molar-refractivity contribution in [1.82, 2.24) is 0 Å². The van der Waals surface area contributed by atoms with Crippen molar-refractivity contribution in [3.8, 4) is 6.07 Å². The van der Waals surface area contributed by atoms with Crippen LogP contribution in [0.1, 0.15) is 42.1 Å². The van der Waals surface area contributed by atoms with Crippen molar-refractivity contribution in [2.24, 2.45) is 0 Å². The number of aliphatic hydroxyl groups excluding tert-OH is 4. The number of nitriles is 1. The number of nitrogens with one attached hydrogen (secondary N) is 1. The molecule has 5 rings (SSSR count). The van der Waals surface area contributed by atoms with Gasteiger partial charge in [-0.15, -0.1) is 0 Å². The van der Waals surface area contributed by atoms with Gasteiger partial charge in [0.15, 0.2) is 18.9 Å². The Bertz CT molecular complexity index is 1460. The van der Waals surface area contributed by atoms with Gasteiger partial charge in [0.1, 0.15) is 55.4 Å². The summed E-state index contributed by atoms with van der Waals surface area (Å²) in [6, 6.07) is 15.0. The summed E-state index contributed by atoms with van der Waals surface area (Å²) in [7, 11) is 0. The number of unbranched alkanes of at least 4 members (excludes halogenated alkanes) is 1. The van der Waals surface area contributed by atoms with E-state index in [4.69, 9.17) is 50.0 Å². The Hall–Kier alpha value is -3.24. The number of aliphatic hydroxyl groups is 4. The molecule has 3 heterocycles. The molecule has 3 aliphatic rings. The fourth-order valence-electron chi connectivity index (χ4n) is 5.68. The van der Waals surface area contributed by atoms with E-state index in [-0.39, 0.29) is 24.7 Å².